The summed E-state index contributed by atoms with van der Waals surface area (Å²) in [6.45, 7) is 2.82. The van der Waals surface area contributed by atoms with E-state index in [1.54, 1.807) is 0 Å². The third-order valence-electron chi connectivity index (χ3n) is 10.8. The van der Waals surface area contributed by atoms with Gasteiger partial charge in [-0.2, -0.15) is 0 Å². The fourth-order valence-corrected chi connectivity index (χ4v) is 8.91. The minimum atomic E-state index is -1.49. The van der Waals surface area contributed by atoms with Gasteiger partial charge in [-0.05, 0) is 102 Å². The fraction of sp³-hybridized carbons (Fsp3) is 0.405. The summed E-state index contributed by atoms with van der Waals surface area (Å²) in [4.78, 5) is 11.0. The third-order valence-corrected chi connectivity index (χ3v) is 11.2. The van der Waals surface area contributed by atoms with Gasteiger partial charge in [-0.25, -0.2) is 26.3 Å². The van der Waals surface area contributed by atoms with Crippen molar-refractivity contribution in [3.05, 3.63) is 141 Å². The van der Waals surface area contributed by atoms with Gasteiger partial charge < -0.3 is 17.4 Å². The third kappa shape index (κ3) is 10.4. The molecule has 8 rings (SSSR count). The Morgan fingerprint density at radius 2 is 1.04 bits per heavy atom. The summed E-state index contributed by atoms with van der Waals surface area (Å²) in [6.07, 6.45) is 6.87. The monoisotopic (exact) mass is 828 g/mol. The molecule has 4 aliphatic carbocycles. The van der Waals surface area contributed by atoms with Crippen LogP contribution in [0.1, 0.15) is 70.9 Å². The molecule has 4 aromatic carbocycles. The zero-order valence-electron chi connectivity index (χ0n) is 31.7. The Morgan fingerprint density at radius 3 is 1.44 bits per heavy atom. The number of Topliss-reactive ketones (excluding diaryl/α,β-unsaturated/α-hetero) is 1. The molecule has 1 N–H and O–H groups in total. The molecule has 0 aliphatic heterocycles. The molecule has 4 aliphatic rings. The van der Waals surface area contributed by atoms with Crippen LogP contribution in [-0.2, 0) is 33.1 Å². The molecule has 12 heteroatoms. The summed E-state index contributed by atoms with van der Waals surface area (Å²) < 4.78 is 88.1. The van der Waals surface area contributed by atoms with Crippen molar-refractivity contribution in [1.82, 2.24) is 0 Å². The van der Waals surface area contributed by atoms with Crippen LogP contribution in [-0.4, -0.2) is 47.2 Å². The largest absolute Gasteiger partial charge is 2.00 e. The smallest absolute Gasteiger partial charge is 1.00 e. The van der Waals surface area contributed by atoms with Crippen LogP contribution in [0.15, 0.2) is 89.4 Å². The maximum absolute atomic E-state index is 13.4. The van der Waals surface area contributed by atoms with Gasteiger partial charge in [0, 0.05) is 30.5 Å². The van der Waals surface area contributed by atoms with Crippen molar-refractivity contribution >= 4 is 44.8 Å². The molecule has 4 fully saturated rings. The molecule has 4 saturated carbocycles. The predicted molar refractivity (Wildman–Crippen MR) is 198 cm³/mol. The number of halogens is 7. The number of rotatable bonds is 9. The van der Waals surface area contributed by atoms with Crippen LogP contribution in [0.3, 0.4) is 0 Å². The number of ketones is 1. The SMILES string of the molecule is Fc1cc(Br)cc(F)c1F.O=C1CC2(C1)CC(COCc1ccccc1)C2.OC1(c2cc(F)c(F)c(F)c2)CC2(CC(COCc3ccccc3)C2)C1.[H-].[H-].[Mg+2]. The van der Waals surface area contributed by atoms with E-state index in [4.69, 9.17) is 9.47 Å². The second kappa shape index (κ2) is 18.0. The molecule has 0 radical (unpaired) electrons. The molecule has 0 saturated heterocycles. The van der Waals surface area contributed by atoms with Gasteiger partial charge in [0.25, 0.3) is 0 Å². The van der Waals surface area contributed by atoms with Crippen LogP contribution < -0.4 is 0 Å². The van der Waals surface area contributed by atoms with Crippen LogP contribution in [0.5, 0.6) is 0 Å². The van der Waals surface area contributed by atoms with Crippen LogP contribution in [0.2, 0.25) is 0 Å². The predicted octanol–water partition coefficient (Wildman–Crippen LogP) is 10.4. The van der Waals surface area contributed by atoms with E-state index in [1.807, 2.05) is 48.5 Å². The van der Waals surface area contributed by atoms with E-state index in [0.29, 0.717) is 55.7 Å². The van der Waals surface area contributed by atoms with E-state index >= 15 is 0 Å². The van der Waals surface area contributed by atoms with E-state index < -0.39 is 40.5 Å². The number of hydrogen-bond donors (Lipinski definition) is 1. The molecule has 4 nitrogen and oxygen atoms in total. The maximum atomic E-state index is 13.4. The van der Waals surface area contributed by atoms with Gasteiger partial charge >= 0.3 is 23.1 Å². The van der Waals surface area contributed by atoms with E-state index in [0.717, 1.165) is 62.1 Å². The van der Waals surface area contributed by atoms with Gasteiger partial charge in [-0.1, -0.05) is 76.6 Å². The maximum Gasteiger partial charge on any atom is 2.00 e. The van der Waals surface area contributed by atoms with Crippen molar-refractivity contribution in [2.45, 2.75) is 70.2 Å². The first kappa shape index (κ1) is 42.4. The Bertz CT molecular complexity index is 1840. The van der Waals surface area contributed by atoms with Crippen LogP contribution in [0.25, 0.3) is 0 Å². The van der Waals surface area contributed by atoms with Crippen molar-refractivity contribution < 1.29 is 48.6 Å². The van der Waals surface area contributed by atoms with E-state index in [2.05, 4.69) is 28.1 Å². The molecule has 0 unspecified atom stereocenters. The Kier molecular flexibility index (Phi) is 14.1. The van der Waals surface area contributed by atoms with Gasteiger partial charge in [-0.3, -0.25) is 4.79 Å². The second-order valence-corrected chi connectivity index (χ2v) is 16.2. The fourth-order valence-electron chi connectivity index (χ4n) is 8.50. The zero-order chi connectivity index (χ0) is 37.8. The van der Waals surface area contributed by atoms with Crippen molar-refractivity contribution in [3.8, 4) is 0 Å². The van der Waals surface area contributed by atoms with Crippen molar-refractivity contribution in [2.24, 2.45) is 22.7 Å². The number of carbonyl (C=O) groups excluding carboxylic acids is 1. The molecule has 54 heavy (non-hydrogen) atoms. The summed E-state index contributed by atoms with van der Waals surface area (Å²) in [6, 6.07) is 23.8. The first-order valence-electron chi connectivity index (χ1n) is 17.7. The molecule has 2 spiro atoms. The summed E-state index contributed by atoms with van der Waals surface area (Å²) in [5, 5.41) is 10.6. The molecule has 0 bridgehead atoms. The van der Waals surface area contributed by atoms with Crippen molar-refractivity contribution in [2.75, 3.05) is 13.2 Å². The minimum absolute atomic E-state index is 0. The quantitative estimate of drug-likeness (QED) is 0.0790. The number of carbonyl (C=O) groups is 1. The average molecular weight is 830 g/mol. The molecular weight excluding hydrogens is 787 g/mol. The Morgan fingerprint density at radius 1 is 0.648 bits per heavy atom. The molecular formula is C42H43BrF6MgO4. The summed E-state index contributed by atoms with van der Waals surface area (Å²) >= 11 is 2.80. The summed E-state index contributed by atoms with van der Waals surface area (Å²) in [7, 11) is 0. The molecule has 0 heterocycles. The first-order chi connectivity index (χ1) is 25.3. The first-order valence-corrected chi connectivity index (χ1v) is 18.5. The van der Waals surface area contributed by atoms with Gasteiger partial charge in [0.1, 0.15) is 5.78 Å². The standard InChI is InChI=1S/C21H21F3O2.C15H18O2.C6H2BrF3.Mg.2H/c22-17-6-16(7-18(23)19(17)24)21(25)12-20(13-21)8-15(9-20)11-26-10-14-4-2-1-3-5-14;16-14-8-15(9-14)6-13(7-15)11-17-10-12-4-2-1-3-5-12;7-3-1-4(8)6(10)5(9)2-3;;;/h1-7,15,25H,8-13H2;1-5,13H,6-11H2;1-2H;;;/q;;;+2;2*-1. The Balaban J connectivity index is 0.000000242. The number of benzene rings is 4. The Hall–Kier alpha value is -2.74. The molecule has 0 atom stereocenters. The van der Waals surface area contributed by atoms with Gasteiger partial charge in [0.15, 0.2) is 34.9 Å². The molecule has 0 amide bonds. The number of ether oxygens (including phenoxy) is 2. The van der Waals surface area contributed by atoms with E-state index in [-0.39, 0.29) is 41.4 Å². The minimum Gasteiger partial charge on any atom is -1.00 e. The summed E-state index contributed by atoms with van der Waals surface area (Å²) in [5.41, 5.74) is 1.68. The number of aliphatic hydroxyl groups is 1. The van der Waals surface area contributed by atoms with Crippen LogP contribution in [0.4, 0.5) is 26.3 Å². The average Bonchev–Trinajstić information content (AvgIpc) is 3.07. The number of hydrogen-bond acceptors (Lipinski definition) is 4. The van der Waals surface area contributed by atoms with Crippen LogP contribution in [0, 0.1) is 57.6 Å². The van der Waals surface area contributed by atoms with Crippen molar-refractivity contribution in [3.63, 3.8) is 0 Å². The summed E-state index contributed by atoms with van der Waals surface area (Å²) in [5.74, 6) is -6.23. The van der Waals surface area contributed by atoms with Gasteiger partial charge in [0.05, 0.1) is 18.8 Å². The van der Waals surface area contributed by atoms with Gasteiger partial charge in [0.2, 0.25) is 0 Å². The Labute approximate surface area is 338 Å². The molecule has 286 valence electrons. The normalized spacial score (nSPS) is 23.3. The second-order valence-electron chi connectivity index (χ2n) is 15.3. The van der Waals surface area contributed by atoms with Crippen molar-refractivity contribution in [1.29, 1.82) is 0 Å². The van der Waals surface area contributed by atoms with E-state index in [9.17, 15) is 36.2 Å². The van der Waals surface area contributed by atoms with Gasteiger partial charge in [-0.15, -0.1) is 0 Å². The zero-order valence-corrected chi connectivity index (χ0v) is 32.7. The topological polar surface area (TPSA) is 55.8 Å². The molecule has 0 aromatic heterocycles. The van der Waals surface area contributed by atoms with E-state index in [1.165, 1.54) is 18.4 Å². The molecule has 4 aromatic rings. The van der Waals surface area contributed by atoms with Crippen LogP contribution >= 0.6 is 15.9 Å².